The van der Waals surface area contributed by atoms with Crippen LogP contribution in [0.15, 0.2) is 90.1 Å². The van der Waals surface area contributed by atoms with E-state index in [2.05, 4.69) is 20.6 Å². The number of amides is 2. The number of aromatic amines is 1. The van der Waals surface area contributed by atoms with Crippen molar-refractivity contribution < 1.29 is 28.7 Å². The minimum absolute atomic E-state index is 0.0764. The first-order chi connectivity index (χ1) is 21.3. The fourth-order valence-electron chi connectivity index (χ4n) is 5.26. The number of thioether (sulfide) groups is 1. The summed E-state index contributed by atoms with van der Waals surface area (Å²) in [6.07, 6.45) is -0.723. The Bertz CT molecular complexity index is 1730. The first-order valence-electron chi connectivity index (χ1n) is 13.9. The number of β-lactam (4-membered cyclic amide) rings is 1. The Balaban J connectivity index is 1.28. The third-order valence-electron chi connectivity index (χ3n) is 7.24. The van der Waals surface area contributed by atoms with Crippen LogP contribution in [0.25, 0.3) is 11.0 Å². The molecular weight excluding hydrogens is 582 g/mol. The molecule has 3 N–H and O–H groups in total. The van der Waals surface area contributed by atoms with Crippen molar-refractivity contribution in [2.75, 3.05) is 23.0 Å². The van der Waals surface area contributed by atoms with Crippen LogP contribution in [0.3, 0.4) is 0 Å². The van der Waals surface area contributed by atoms with E-state index in [9.17, 15) is 19.2 Å². The molecule has 1 saturated heterocycles. The van der Waals surface area contributed by atoms with E-state index in [1.54, 1.807) is 12.1 Å². The van der Waals surface area contributed by atoms with E-state index >= 15 is 0 Å². The molecule has 12 heteroatoms. The van der Waals surface area contributed by atoms with Gasteiger partial charge in [0.05, 0.1) is 11.2 Å². The third-order valence-corrected chi connectivity index (χ3v) is 8.58. The van der Waals surface area contributed by atoms with Gasteiger partial charge in [0.15, 0.2) is 6.10 Å². The van der Waals surface area contributed by atoms with E-state index in [0.717, 1.165) is 11.1 Å². The van der Waals surface area contributed by atoms with Crippen LogP contribution in [-0.2, 0) is 28.7 Å². The normalized spacial score (nSPS) is 17.6. The summed E-state index contributed by atoms with van der Waals surface area (Å²) >= 11 is 1.44. The van der Waals surface area contributed by atoms with Crippen molar-refractivity contribution in [1.29, 1.82) is 0 Å². The van der Waals surface area contributed by atoms with Crippen LogP contribution in [0.1, 0.15) is 31.1 Å². The highest BCUT2D eigenvalue weighted by Gasteiger charge is 2.54. The number of benzene rings is 3. The van der Waals surface area contributed by atoms with Crippen molar-refractivity contribution in [2.24, 2.45) is 0 Å². The zero-order valence-corrected chi connectivity index (χ0v) is 24.7. The first-order valence-corrected chi connectivity index (χ1v) is 15.0. The molecule has 11 nitrogen and oxygen atoms in total. The van der Waals surface area contributed by atoms with E-state index in [0.29, 0.717) is 34.0 Å². The van der Waals surface area contributed by atoms with Gasteiger partial charge in [-0.15, -0.1) is 11.8 Å². The number of fused-ring (bicyclic) bond motifs is 2. The van der Waals surface area contributed by atoms with Crippen molar-refractivity contribution >= 4 is 58.2 Å². The molecule has 44 heavy (non-hydrogen) atoms. The summed E-state index contributed by atoms with van der Waals surface area (Å²) < 4.78 is 11.4. The largest absolute Gasteiger partial charge is 0.461 e. The lowest BCUT2D eigenvalue weighted by molar-refractivity contribution is -0.152. The van der Waals surface area contributed by atoms with Gasteiger partial charge in [-0.2, -0.15) is 0 Å². The molecule has 6 rings (SSSR count). The Labute approximate surface area is 257 Å². The lowest BCUT2D eigenvalue weighted by atomic mass is 10.0. The number of para-hydroxylation sites is 1. The number of H-pyrrole nitrogens is 1. The SMILES string of the molecule is CC(=O)Nc1cccc2[nH]c(NC3C(=O)N4C(C(=O)OC(c5ccccc5)c5ccccc5)=C(COC(C)=O)CS[C@@H]34)nc12. The van der Waals surface area contributed by atoms with E-state index in [-0.39, 0.29) is 24.1 Å². The average molecular weight is 612 g/mol. The molecule has 0 bridgehead atoms. The Hall–Kier alpha value is -5.10. The second kappa shape index (κ2) is 12.3. The second-order valence-corrected chi connectivity index (χ2v) is 11.4. The molecule has 2 atom stereocenters. The quantitative estimate of drug-likeness (QED) is 0.186. The second-order valence-electron chi connectivity index (χ2n) is 10.3. The molecule has 0 spiro atoms. The summed E-state index contributed by atoms with van der Waals surface area (Å²) in [5.74, 6) is -1.07. The molecule has 3 heterocycles. The number of hydrogen-bond acceptors (Lipinski definition) is 9. The lowest BCUT2D eigenvalue weighted by Gasteiger charge is -2.49. The predicted molar refractivity (Wildman–Crippen MR) is 165 cm³/mol. The van der Waals surface area contributed by atoms with Gasteiger partial charge >= 0.3 is 11.9 Å². The summed E-state index contributed by atoms with van der Waals surface area (Å²) in [5, 5.41) is 5.48. The summed E-state index contributed by atoms with van der Waals surface area (Å²) in [7, 11) is 0. The third kappa shape index (κ3) is 5.76. The highest BCUT2D eigenvalue weighted by Crippen LogP contribution is 2.42. The van der Waals surface area contributed by atoms with Gasteiger partial charge in [-0.25, -0.2) is 9.78 Å². The van der Waals surface area contributed by atoms with Crippen LogP contribution in [-0.4, -0.2) is 62.4 Å². The highest BCUT2D eigenvalue weighted by molar-refractivity contribution is 8.00. The van der Waals surface area contributed by atoms with Crippen molar-refractivity contribution in [2.45, 2.75) is 31.4 Å². The molecule has 2 aliphatic rings. The van der Waals surface area contributed by atoms with E-state index < -0.39 is 29.5 Å². The highest BCUT2D eigenvalue weighted by atomic mass is 32.2. The van der Waals surface area contributed by atoms with Crippen LogP contribution in [0.4, 0.5) is 11.6 Å². The fourth-order valence-corrected chi connectivity index (χ4v) is 6.58. The Kier molecular flexibility index (Phi) is 8.07. The molecular formula is C32H29N5O6S. The maximum Gasteiger partial charge on any atom is 0.356 e. The summed E-state index contributed by atoms with van der Waals surface area (Å²) in [6.45, 7) is 2.57. The number of hydrogen-bond donors (Lipinski definition) is 3. The number of ether oxygens (including phenoxy) is 2. The number of nitrogens with one attached hydrogen (secondary N) is 3. The topological polar surface area (TPSA) is 143 Å². The van der Waals surface area contributed by atoms with E-state index in [1.807, 2.05) is 66.7 Å². The van der Waals surface area contributed by atoms with Crippen molar-refractivity contribution in [3.05, 3.63) is 101 Å². The molecule has 4 aromatic rings. The number of carbonyl (C=O) groups excluding carboxylic acids is 4. The Morgan fingerprint density at radius 3 is 2.32 bits per heavy atom. The molecule has 1 unspecified atom stereocenters. The van der Waals surface area contributed by atoms with Crippen LogP contribution < -0.4 is 10.6 Å². The number of rotatable bonds is 9. The number of nitrogens with zero attached hydrogens (tertiary/aromatic N) is 2. The zero-order chi connectivity index (χ0) is 30.8. The fraction of sp³-hybridized carbons (Fsp3) is 0.219. The Morgan fingerprint density at radius 1 is 1.00 bits per heavy atom. The van der Waals surface area contributed by atoms with Crippen molar-refractivity contribution in [3.63, 3.8) is 0 Å². The van der Waals surface area contributed by atoms with Crippen molar-refractivity contribution in [1.82, 2.24) is 14.9 Å². The van der Waals surface area contributed by atoms with Gasteiger partial charge in [0, 0.05) is 25.2 Å². The number of imidazole rings is 1. The first kappa shape index (κ1) is 29.0. The molecule has 224 valence electrons. The number of carbonyl (C=O) groups is 4. The minimum Gasteiger partial charge on any atom is -0.461 e. The monoisotopic (exact) mass is 611 g/mol. The Morgan fingerprint density at radius 2 is 1.68 bits per heavy atom. The zero-order valence-electron chi connectivity index (χ0n) is 23.9. The van der Waals surface area contributed by atoms with Crippen LogP contribution in [0.5, 0.6) is 0 Å². The smallest absolute Gasteiger partial charge is 0.356 e. The molecule has 3 aromatic carbocycles. The predicted octanol–water partition coefficient (Wildman–Crippen LogP) is 4.37. The summed E-state index contributed by atoms with van der Waals surface area (Å²) in [4.78, 5) is 60.0. The van der Waals surface area contributed by atoms with Gasteiger partial charge in [-0.05, 0) is 23.3 Å². The van der Waals surface area contributed by atoms with Crippen LogP contribution in [0, 0.1) is 0 Å². The van der Waals surface area contributed by atoms with Crippen LogP contribution >= 0.6 is 11.8 Å². The molecule has 2 aliphatic heterocycles. The number of aromatic nitrogens is 2. The molecule has 1 fully saturated rings. The van der Waals surface area contributed by atoms with Crippen molar-refractivity contribution in [3.8, 4) is 0 Å². The van der Waals surface area contributed by atoms with E-state index in [1.165, 1.54) is 30.5 Å². The number of anilines is 2. The standard InChI is InChI=1S/C32H29N5O6S/c1-18(38)33-23-14-9-15-24-25(23)35-32(34-24)36-26-29(40)37-27(22(16-42-19(2)39)17-44-30(26)37)31(41)43-28(20-10-5-3-6-11-20)21-12-7-4-8-13-21/h3-15,26,28,30H,16-17H2,1-2H3,(H,33,38)(H2,34,35,36)/t26?,30-/m0/s1. The van der Waals surface area contributed by atoms with Gasteiger partial charge in [-0.1, -0.05) is 66.7 Å². The maximum atomic E-state index is 14.0. The molecule has 0 radical (unpaired) electrons. The summed E-state index contributed by atoms with van der Waals surface area (Å²) in [5.41, 5.74) is 3.88. The molecule has 2 amide bonds. The minimum atomic E-state index is -0.723. The lowest BCUT2D eigenvalue weighted by Crippen LogP contribution is -2.68. The van der Waals surface area contributed by atoms with Gasteiger partial charge in [0.25, 0.3) is 5.91 Å². The molecule has 0 aliphatic carbocycles. The van der Waals surface area contributed by atoms with Gasteiger partial charge < -0.3 is 25.1 Å². The maximum absolute atomic E-state index is 14.0. The molecule has 0 saturated carbocycles. The van der Waals surface area contributed by atoms with Gasteiger partial charge in [0.2, 0.25) is 11.9 Å². The number of esters is 2. The summed E-state index contributed by atoms with van der Waals surface area (Å²) in [6, 6.07) is 23.4. The van der Waals surface area contributed by atoms with Gasteiger partial charge in [-0.3, -0.25) is 19.3 Å². The molecule has 1 aromatic heterocycles. The van der Waals surface area contributed by atoms with Crippen LogP contribution in [0.2, 0.25) is 0 Å². The average Bonchev–Trinajstić information content (AvgIpc) is 3.45. The van der Waals surface area contributed by atoms with Gasteiger partial charge in [0.1, 0.15) is 29.2 Å². The van der Waals surface area contributed by atoms with E-state index in [4.69, 9.17) is 9.47 Å².